The van der Waals surface area contributed by atoms with Gasteiger partial charge < -0.3 is 0 Å². The van der Waals surface area contributed by atoms with Crippen LogP contribution in [-0.4, -0.2) is 5.78 Å². The van der Waals surface area contributed by atoms with Crippen LogP contribution in [0.2, 0.25) is 0 Å². The van der Waals surface area contributed by atoms with E-state index in [1.807, 2.05) is 6.08 Å². The lowest BCUT2D eigenvalue weighted by Gasteiger charge is -2.62. The van der Waals surface area contributed by atoms with Crippen LogP contribution in [0.15, 0.2) is 12.7 Å². The lowest BCUT2D eigenvalue weighted by Crippen LogP contribution is -2.56. The molecular weight excluding hydrogens is 376 g/mol. The van der Waals surface area contributed by atoms with Gasteiger partial charge in [-0.05, 0) is 104 Å². The molecule has 4 fully saturated rings. The molecule has 0 aromatic heterocycles. The molecule has 1 heteroatoms. The van der Waals surface area contributed by atoms with Crippen molar-refractivity contribution in [3.05, 3.63) is 12.7 Å². The van der Waals surface area contributed by atoms with Gasteiger partial charge in [0.05, 0.1) is 0 Å². The Labute approximate surface area is 193 Å². The summed E-state index contributed by atoms with van der Waals surface area (Å²) in [4.78, 5) is 12.8. The summed E-state index contributed by atoms with van der Waals surface area (Å²) in [6.45, 7) is 16.6. The van der Waals surface area contributed by atoms with Crippen LogP contribution in [0.4, 0.5) is 0 Å². The Morgan fingerprint density at radius 3 is 2.35 bits per heavy atom. The Hall–Kier alpha value is -0.590. The summed E-state index contributed by atoms with van der Waals surface area (Å²) in [6.07, 6.45) is 17.7. The highest BCUT2D eigenvalue weighted by atomic mass is 16.1. The molecule has 0 N–H and O–H groups in total. The summed E-state index contributed by atoms with van der Waals surface area (Å²) in [5.74, 6) is 6.82. The van der Waals surface area contributed by atoms with Crippen LogP contribution >= 0.6 is 0 Å². The fourth-order valence-electron chi connectivity index (χ4n) is 9.82. The van der Waals surface area contributed by atoms with Crippen molar-refractivity contribution in [1.29, 1.82) is 0 Å². The number of carbonyl (C=O) groups is 1. The third-order valence-electron chi connectivity index (χ3n) is 11.4. The second-order valence-corrected chi connectivity index (χ2v) is 13.2. The Morgan fingerprint density at radius 1 is 0.935 bits per heavy atom. The summed E-state index contributed by atoms with van der Waals surface area (Å²) in [5, 5.41) is 0. The molecule has 0 bridgehead atoms. The molecule has 31 heavy (non-hydrogen) atoms. The molecule has 1 nitrogen and oxygen atoms in total. The SMILES string of the molecule is C=CCC1C(=O)CC[C@@]2(C)C1CC[C@H]1[C@@H]3CC[C@H]([C@H](C)CCCC(C)C)[C@@]3(C)CC[C@@H]12. The van der Waals surface area contributed by atoms with E-state index in [2.05, 4.69) is 41.2 Å². The maximum Gasteiger partial charge on any atom is 0.136 e. The lowest BCUT2D eigenvalue weighted by molar-refractivity contribution is -0.152. The molecule has 0 aliphatic heterocycles. The van der Waals surface area contributed by atoms with E-state index in [-0.39, 0.29) is 5.92 Å². The van der Waals surface area contributed by atoms with Gasteiger partial charge in [-0.25, -0.2) is 0 Å². The van der Waals surface area contributed by atoms with Gasteiger partial charge in [0.15, 0.2) is 0 Å². The molecule has 4 rings (SSSR count). The van der Waals surface area contributed by atoms with E-state index >= 15 is 0 Å². The number of fused-ring (bicyclic) bond motifs is 5. The second-order valence-electron chi connectivity index (χ2n) is 13.2. The predicted molar refractivity (Wildman–Crippen MR) is 132 cm³/mol. The first-order chi connectivity index (χ1) is 14.7. The van der Waals surface area contributed by atoms with E-state index in [1.165, 1.54) is 57.8 Å². The van der Waals surface area contributed by atoms with Crippen molar-refractivity contribution in [3.63, 3.8) is 0 Å². The minimum Gasteiger partial charge on any atom is -0.299 e. The van der Waals surface area contributed by atoms with Gasteiger partial charge in [-0.15, -0.1) is 6.58 Å². The zero-order valence-electron chi connectivity index (χ0n) is 21.3. The number of hydrogen-bond acceptors (Lipinski definition) is 1. The Kier molecular flexibility index (Phi) is 6.83. The van der Waals surface area contributed by atoms with Crippen LogP contribution in [0.5, 0.6) is 0 Å². The molecule has 0 amide bonds. The van der Waals surface area contributed by atoms with Crippen LogP contribution in [0.3, 0.4) is 0 Å². The van der Waals surface area contributed by atoms with Crippen LogP contribution in [-0.2, 0) is 4.79 Å². The van der Waals surface area contributed by atoms with Crippen LogP contribution in [0, 0.1) is 58.2 Å². The van der Waals surface area contributed by atoms with Crippen LogP contribution < -0.4 is 0 Å². The number of rotatable bonds is 7. The first kappa shape index (κ1) is 23.6. The Morgan fingerprint density at radius 2 is 1.65 bits per heavy atom. The average molecular weight is 427 g/mol. The molecule has 0 saturated heterocycles. The Bertz CT molecular complexity index is 663. The predicted octanol–water partition coefficient (Wildman–Crippen LogP) is 8.48. The van der Waals surface area contributed by atoms with Gasteiger partial charge in [-0.2, -0.15) is 0 Å². The highest BCUT2D eigenvalue weighted by Crippen LogP contribution is 2.68. The number of allylic oxidation sites excluding steroid dienone is 1. The van der Waals surface area contributed by atoms with Crippen molar-refractivity contribution in [3.8, 4) is 0 Å². The van der Waals surface area contributed by atoms with E-state index in [1.54, 1.807) is 0 Å². The van der Waals surface area contributed by atoms with Crippen molar-refractivity contribution < 1.29 is 4.79 Å². The van der Waals surface area contributed by atoms with Gasteiger partial charge in [0.1, 0.15) is 5.78 Å². The highest BCUT2D eigenvalue weighted by molar-refractivity contribution is 5.82. The fourth-order valence-corrected chi connectivity index (χ4v) is 9.82. The topological polar surface area (TPSA) is 17.1 Å². The monoisotopic (exact) mass is 426 g/mol. The van der Waals surface area contributed by atoms with Gasteiger partial charge in [0.2, 0.25) is 0 Å². The second kappa shape index (κ2) is 8.98. The normalized spacial score (nSPS) is 45.7. The highest BCUT2D eigenvalue weighted by Gasteiger charge is 2.61. The van der Waals surface area contributed by atoms with Gasteiger partial charge in [-0.1, -0.05) is 60.0 Å². The van der Waals surface area contributed by atoms with E-state index in [0.717, 1.165) is 54.8 Å². The maximum atomic E-state index is 12.8. The fraction of sp³-hybridized carbons (Fsp3) is 0.900. The summed E-state index contributed by atoms with van der Waals surface area (Å²) in [6, 6.07) is 0. The molecule has 0 radical (unpaired) electrons. The molecule has 0 spiro atoms. The van der Waals surface area contributed by atoms with Gasteiger partial charge in [-0.3, -0.25) is 4.79 Å². The maximum absolute atomic E-state index is 12.8. The van der Waals surface area contributed by atoms with Crippen LogP contribution in [0.1, 0.15) is 112 Å². The van der Waals surface area contributed by atoms with Gasteiger partial charge >= 0.3 is 0 Å². The summed E-state index contributed by atoms with van der Waals surface area (Å²) in [7, 11) is 0. The average Bonchev–Trinajstić information content (AvgIpc) is 3.07. The number of carbonyl (C=O) groups excluding carboxylic acids is 1. The van der Waals surface area contributed by atoms with Crippen molar-refractivity contribution in [1.82, 2.24) is 0 Å². The quantitative estimate of drug-likeness (QED) is 0.373. The van der Waals surface area contributed by atoms with E-state index in [0.29, 0.717) is 22.5 Å². The third-order valence-corrected chi connectivity index (χ3v) is 11.4. The van der Waals surface area contributed by atoms with Crippen molar-refractivity contribution in [2.24, 2.45) is 58.2 Å². The number of ketones is 1. The zero-order valence-corrected chi connectivity index (χ0v) is 21.3. The summed E-state index contributed by atoms with van der Waals surface area (Å²) < 4.78 is 0. The first-order valence-electron chi connectivity index (χ1n) is 13.9. The Balaban J connectivity index is 1.49. The van der Waals surface area contributed by atoms with Crippen molar-refractivity contribution in [2.75, 3.05) is 0 Å². The molecular formula is C30H50O. The molecule has 176 valence electrons. The smallest absolute Gasteiger partial charge is 0.136 e. The van der Waals surface area contributed by atoms with E-state index < -0.39 is 0 Å². The third kappa shape index (κ3) is 3.99. The zero-order chi connectivity index (χ0) is 22.4. The molecule has 4 aliphatic rings. The molecule has 0 aromatic rings. The van der Waals surface area contributed by atoms with Crippen LogP contribution in [0.25, 0.3) is 0 Å². The van der Waals surface area contributed by atoms with Gasteiger partial charge in [0.25, 0.3) is 0 Å². The number of Topliss-reactive ketones (excluding diaryl/α,β-unsaturated/α-hetero) is 1. The minimum atomic E-state index is 0.266. The molecule has 4 aliphatic carbocycles. The first-order valence-corrected chi connectivity index (χ1v) is 13.9. The summed E-state index contributed by atoms with van der Waals surface area (Å²) >= 11 is 0. The lowest BCUT2D eigenvalue weighted by atomic mass is 9.43. The summed E-state index contributed by atoms with van der Waals surface area (Å²) in [5.41, 5.74) is 0.972. The standard InChI is InChI=1S/C30H50O/c1-7-9-23-26-13-12-22-25-15-14-24(21(4)11-8-10-20(2)3)29(25,5)18-16-27(22)30(26,6)19-17-28(23)31/h7,20-27H,1,8-19H2,2-6H3/t21-,22+,23?,24-,25+,26?,27+,29-,30+/m1/s1. The minimum absolute atomic E-state index is 0.266. The van der Waals surface area contributed by atoms with Crippen molar-refractivity contribution >= 4 is 5.78 Å². The van der Waals surface area contributed by atoms with E-state index in [4.69, 9.17) is 0 Å². The number of hydrogen-bond donors (Lipinski definition) is 0. The van der Waals surface area contributed by atoms with Gasteiger partial charge in [0, 0.05) is 12.3 Å². The molecule has 0 heterocycles. The largest absolute Gasteiger partial charge is 0.299 e. The molecule has 0 aromatic carbocycles. The molecule has 4 saturated carbocycles. The molecule has 9 atom stereocenters. The van der Waals surface area contributed by atoms with Crippen molar-refractivity contribution in [2.45, 2.75) is 112 Å². The molecule has 2 unspecified atom stereocenters. The van der Waals surface area contributed by atoms with E-state index in [9.17, 15) is 4.79 Å².